The molecule has 4 nitrogen and oxygen atoms in total. The smallest absolute Gasteiger partial charge is 0.250 e. The molecule has 1 unspecified atom stereocenters. The van der Waals surface area contributed by atoms with Crippen LogP contribution in [0.5, 0.6) is 0 Å². The average molecular weight is 268 g/mol. The molecule has 1 aromatic carbocycles. The number of primary amides is 1. The second kappa shape index (κ2) is 5.59. The van der Waals surface area contributed by atoms with Gasteiger partial charge in [0.05, 0.1) is 11.3 Å². The van der Waals surface area contributed by atoms with Crippen LogP contribution in [-0.2, 0) is 0 Å². The van der Waals surface area contributed by atoms with Gasteiger partial charge >= 0.3 is 0 Å². The Morgan fingerprint density at radius 2 is 2.28 bits per heavy atom. The van der Waals surface area contributed by atoms with Crippen LogP contribution in [0.3, 0.4) is 0 Å². The Labute approximate surface area is 112 Å². The molecule has 18 heavy (non-hydrogen) atoms. The zero-order chi connectivity index (χ0) is 13.1. The Morgan fingerprint density at radius 3 is 2.94 bits per heavy atom. The van der Waals surface area contributed by atoms with Gasteiger partial charge in [-0.3, -0.25) is 4.79 Å². The summed E-state index contributed by atoms with van der Waals surface area (Å²) in [6.07, 6.45) is 2.21. The van der Waals surface area contributed by atoms with Crippen LogP contribution in [0.25, 0.3) is 0 Å². The Morgan fingerprint density at radius 1 is 1.50 bits per heavy atom. The summed E-state index contributed by atoms with van der Waals surface area (Å²) in [6, 6.07) is 5.18. The number of benzene rings is 1. The van der Waals surface area contributed by atoms with Crippen LogP contribution in [0.2, 0.25) is 5.02 Å². The minimum absolute atomic E-state index is 0.420. The first-order valence-corrected chi connectivity index (χ1v) is 6.54. The van der Waals surface area contributed by atoms with Crippen LogP contribution >= 0.6 is 11.6 Å². The third-order valence-electron chi connectivity index (χ3n) is 3.42. The van der Waals surface area contributed by atoms with Crippen LogP contribution in [0.4, 0.5) is 5.69 Å². The maximum Gasteiger partial charge on any atom is 0.250 e. The molecule has 98 valence electrons. The van der Waals surface area contributed by atoms with Gasteiger partial charge in [0.25, 0.3) is 5.91 Å². The Kier molecular flexibility index (Phi) is 4.09. The fourth-order valence-corrected chi connectivity index (χ4v) is 2.62. The van der Waals surface area contributed by atoms with Gasteiger partial charge in [0.1, 0.15) is 0 Å². The van der Waals surface area contributed by atoms with E-state index < -0.39 is 5.91 Å². The summed E-state index contributed by atoms with van der Waals surface area (Å²) < 4.78 is 0. The molecular weight excluding hydrogens is 250 g/mol. The maximum atomic E-state index is 11.5. The van der Waals surface area contributed by atoms with E-state index in [2.05, 4.69) is 4.90 Å². The zero-order valence-electron chi connectivity index (χ0n) is 10.2. The first-order valence-electron chi connectivity index (χ1n) is 6.16. The van der Waals surface area contributed by atoms with Crippen LogP contribution in [0.1, 0.15) is 23.2 Å². The number of nitrogens with zero attached hydrogens (tertiary/aromatic N) is 1. The number of hydrogen-bond donors (Lipinski definition) is 2. The van der Waals surface area contributed by atoms with Crippen molar-refractivity contribution < 1.29 is 4.79 Å². The predicted octanol–water partition coefficient (Wildman–Crippen LogP) is 1.61. The van der Waals surface area contributed by atoms with Crippen molar-refractivity contribution in [3.05, 3.63) is 28.8 Å². The highest BCUT2D eigenvalue weighted by atomic mass is 35.5. The largest absolute Gasteiger partial charge is 0.371 e. The molecule has 1 aliphatic rings. The molecule has 1 atom stereocenters. The van der Waals surface area contributed by atoms with Gasteiger partial charge < -0.3 is 16.4 Å². The van der Waals surface area contributed by atoms with Gasteiger partial charge in [-0.05, 0) is 43.5 Å². The second-order valence-corrected chi connectivity index (χ2v) is 5.15. The third-order valence-corrected chi connectivity index (χ3v) is 3.65. The second-order valence-electron chi connectivity index (χ2n) is 4.72. The number of anilines is 1. The molecule has 1 aromatic rings. The fraction of sp³-hybridized carbons (Fsp3) is 0.462. The van der Waals surface area contributed by atoms with E-state index >= 15 is 0 Å². The van der Waals surface area contributed by atoms with Gasteiger partial charge in [-0.15, -0.1) is 0 Å². The summed E-state index contributed by atoms with van der Waals surface area (Å²) in [7, 11) is 0. The molecule has 1 saturated heterocycles. The van der Waals surface area contributed by atoms with Crippen molar-refractivity contribution in [2.24, 2.45) is 17.4 Å². The van der Waals surface area contributed by atoms with Gasteiger partial charge in [0.15, 0.2) is 0 Å². The summed E-state index contributed by atoms with van der Waals surface area (Å²) in [4.78, 5) is 13.6. The van der Waals surface area contributed by atoms with Crippen molar-refractivity contribution >= 4 is 23.2 Å². The van der Waals surface area contributed by atoms with Crippen LogP contribution in [0.15, 0.2) is 18.2 Å². The molecule has 0 saturated carbocycles. The number of halogens is 1. The normalized spacial score (nSPS) is 19.9. The summed E-state index contributed by atoms with van der Waals surface area (Å²) >= 11 is 6.01. The number of amides is 1. The number of nitrogens with two attached hydrogens (primary N) is 2. The predicted molar refractivity (Wildman–Crippen MR) is 74.0 cm³/mol. The van der Waals surface area contributed by atoms with Crippen molar-refractivity contribution in [3.8, 4) is 0 Å². The maximum absolute atomic E-state index is 11.5. The monoisotopic (exact) mass is 267 g/mol. The third kappa shape index (κ3) is 2.76. The topological polar surface area (TPSA) is 72.3 Å². The van der Waals surface area contributed by atoms with Crippen LogP contribution in [-0.4, -0.2) is 25.5 Å². The minimum Gasteiger partial charge on any atom is -0.371 e. The lowest BCUT2D eigenvalue weighted by Gasteiger charge is -2.34. The lowest BCUT2D eigenvalue weighted by atomic mass is 9.97. The van der Waals surface area contributed by atoms with Gasteiger partial charge in [-0.1, -0.05) is 11.6 Å². The van der Waals surface area contributed by atoms with Gasteiger partial charge in [0, 0.05) is 18.1 Å². The molecular formula is C13H18ClN3O. The Bertz CT molecular complexity index is 450. The van der Waals surface area contributed by atoms with E-state index in [9.17, 15) is 4.79 Å². The number of carbonyl (C=O) groups excluding carboxylic acids is 1. The van der Waals surface area contributed by atoms with E-state index in [1.54, 1.807) is 18.2 Å². The standard InChI is InChI=1S/C13H18ClN3O/c14-10-3-4-11(13(16)18)12(6-10)17-5-1-2-9(7-15)8-17/h3-4,6,9H,1-2,5,7-8,15H2,(H2,16,18). The van der Waals surface area contributed by atoms with Crippen LogP contribution < -0.4 is 16.4 Å². The molecule has 0 radical (unpaired) electrons. The average Bonchev–Trinajstić information content (AvgIpc) is 2.38. The molecule has 0 spiro atoms. The lowest BCUT2D eigenvalue weighted by molar-refractivity contribution is 0.100. The quantitative estimate of drug-likeness (QED) is 0.874. The van der Waals surface area contributed by atoms with Crippen molar-refractivity contribution in [2.75, 3.05) is 24.5 Å². The fourth-order valence-electron chi connectivity index (χ4n) is 2.45. The Hall–Kier alpha value is -1.26. The van der Waals surface area contributed by atoms with E-state index in [1.165, 1.54) is 0 Å². The molecule has 1 fully saturated rings. The number of carbonyl (C=O) groups is 1. The van der Waals surface area contributed by atoms with Crippen molar-refractivity contribution in [2.45, 2.75) is 12.8 Å². The summed E-state index contributed by atoms with van der Waals surface area (Å²) in [5.74, 6) is 0.0509. The van der Waals surface area contributed by atoms with Crippen molar-refractivity contribution in [1.82, 2.24) is 0 Å². The van der Waals surface area contributed by atoms with E-state index in [4.69, 9.17) is 23.1 Å². The minimum atomic E-state index is -0.420. The van der Waals surface area contributed by atoms with E-state index in [-0.39, 0.29) is 0 Å². The highest BCUT2D eigenvalue weighted by Gasteiger charge is 2.22. The summed E-state index contributed by atoms with van der Waals surface area (Å²) in [5, 5.41) is 0.616. The molecule has 1 aliphatic heterocycles. The zero-order valence-corrected chi connectivity index (χ0v) is 11.0. The van der Waals surface area contributed by atoms with Crippen molar-refractivity contribution in [3.63, 3.8) is 0 Å². The highest BCUT2D eigenvalue weighted by Crippen LogP contribution is 2.28. The van der Waals surface area contributed by atoms with E-state index in [0.717, 1.165) is 31.6 Å². The summed E-state index contributed by atoms with van der Waals surface area (Å²) in [5.41, 5.74) is 12.5. The molecule has 1 amide bonds. The van der Waals surface area contributed by atoms with Crippen LogP contribution in [0, 0.1) is 5.92 Å². The molecule has 0 aliphatic carbocycles. The SMILES string of the molecule is NCC1CCCN(c2cc(Cl)ccc2C(N)=O)C1. The Balaban J connectivity index is 2.31. The first kappa shape index (κ1) is 13.2. The molecule has 0 aromatic heterocycles. The van der Waals surface area contributed by atoms with Gasteiger partial charge in [-0.2, -0.15) is 0 Å². The highest BCUT2D eigenvalue weighted by molar-refractivity contribution is 6.31. The summed E-state index contributed by atoms with van der Waals surface area (Å²) in [6.45, 7) is 2.44. The van der Waals surface area contributed by atoms with Crippen molar-refractivity contribution in [1.29, 1.82) is 0 Å². The molecule has 4 N–H and O–H groups in total. The van der Waals surface area contributed by atoms with E-state index in [0.29, 0.717) is 23.0 Å². The number of piperidine rings is 1. The number of hydrogen-bond acceptors (Lipinski definition) is 3. The van der Waals surface area contributed by atoms with E-state index in [1.807, 2.05) is 0 Å². The lowest BCUT2D eigenvalue weighted by Crippen LogP contribution is -2.39. The first-order chi connectivity index (χ1) is 8.61. The van der Waals surface area contributed by atoms with Gasteiger partial charge in [0.2, 0.25) is 0 Å². The van der Waals surface area contributed by atoms with Gasteiger partial charge in [-0.25, -0.2) is 0 Å². The molecule has 2 rings (SSSR count). The molecule has 0 bridgehead atoms. The molecule has 5 heteroatoms. The molecule has 1 heterocycles. The number of rotatable bonds is 3.